The van der Waals surface area contributed by atoms with Crippen molar-refractivity contribution in [2.45, 2.75) is 95.5 Å². The second-order valence-corrected chi connectivity index (χ2v) is 17.8. The second kappa shape index (κ2) is 17.2. The normalized spacial score (nSPS) is 19.9. The van der Waals surface area contributed by atoms with E-state index in [1.165, 1.54) is 26.1 Å². The Kier molecular flexibility index (Phi) is 14.5. The van der Waals surface area contributed by atoms with E-state index in [2.05, 4.69) is 67.2 Å². The molecule has 0 bridgehead atoms. The van der Waals surface area contributed by atoms with Crippen LogP contribution in [0.1, 0.15) is 95.6 Å². The summed E-state index contributed by atoms with van der Waals surface area (Å²) < 4.78 is 31.8. The molecule has 8 heteroatoms. The smallest absolute Gasteiger partial charge is 0.128 e. The summed E-state index contributed by atoms with van der Waals surface area (Å²) in [6, 6.07) is 14.1. The molecule has 2 unspecified atom stereocenters. The van der Waals surface area contributed by atoms with E-state index in [1.54, 1.807) is 0 Å². The Labute approximate surface area is 289 Å². The van der Waals surface area contributed by atoms with E-state index in [0.717, 1.165) is 89.4 Å². The Hall–Kier alpha value is -1.81. The van der Waals surface area contributed by atoms with Gasteiger partial charge in [0.05, 0.1) is 64.6 Å². The second-order valence-electron chi connectivity index (χ2n) is 15.8. The lowest BCUT2D eigenvalue weighted by Gasteiger charge is -2.44. The zero-order valence-corrected chi connectivity index (χ0v) is 32.1. The fourth-order valence-electron chi connectivity index (χ4n) is 7.02. The van der Waals surface area contributed by atoms with Crippen LogP contribution in [0.5, 0.6) is 5.75 Å². The molecule has 7 nitrogen and oxygen atoms in total. The van der Waals surface area contributed by atoms with Crippen LogP contribution in [0.3, 0.4) is 0 Å². The standard InChI is InChI=1S/C39H67N3O4S/c1-10-13-24-39(25-14-11-2)31-47(44,45)36-23-20-33(40(4)5)30-35(36)37(38(39)43)32-18-21-34(22-19-32)46-29-17-15-16-26-42(8,9)28-27-41(6,7)12-3/h18-23,30,37-38,43H,10-17,24-29,31H2,1-9H3/p+2. The van der Waals surface area contributed by atoms with Crippen molar-refractivity contribution >= 4 is 16.3 Å². The first-order valence-electron chi connectivity index (χ1n) is 18.2. The predicted molar refractivity (Wildman–Crippen MR) is 201 cm³/mol. The number of aliphatic hydroxyl groups is 1. The van der Waals surface area contributed by atoms with Gasteiger partial charge in [0, 0.05) is 31.1 Å². The van der Waals surface area contributed by atoms with Crippen LogP contribution in [0.2, 0.25) is 0 Å². The van der Waals surface area contributed by atoms with Gasteiger partial charge in [-0.3, -0.25) is 9.11 Å². The van der Waals surface area contributed by atoms with E-state index in [4.69, 9.17) is 4.74 Å². The molecule has 1 aliphatic rings. The quantitative estimate of drug-likeness (QED) is 0.103. The molecule has 0 radical (unpaired) electrons. The van der Waals surface area contributed by atoms with Crippen molar-refractivity contribution in [3.05, 3.63) is 53.6 Å². The van der Waals surface area contributed by atoms with Gasteiger partial charge in [-0.05, 0) is 80.5 Å². The summed E-state index contributed by atoms with van der Waals surface area (Å²) in [6.07, 6.45) is 8.07. The average molecular weight is 676 g/mol. The maximum atomic E-state index is 12.5. The number of fused-ring (bicyclic) bond motifs is 1. The zero-order chi connectivity index (χ0) is 34.9. The van der Waals surface area contributed by atoms with Gasteiger partial charge in [0.1, 0.15) is 18.8 Å². The monoisotopic (exact) mass is 675 g/mol. The molecule has 2 aromatic rings. The lowest BCUT2D eigenvalue weighted by Crippen LogP contribution is -2.51. The zero-order valence-electron chi connectivity index (χ0n) is 31.3. The summed E-state index contributed by atoms with van der Waals surface area (Å²) in [7, 11) is 10.2. The fraction of sp³-hybridized carbons (Fsp3) is 0.692. The molecule has 3 N–H and O–H groups in total. The van der Waals surface area contributed by atoms with Crippen LogP contribution in [0.15, 0.2) is 47.4 Å². The molecular weight excluding hydrogens is 607 g/mol. The Morgan fingerprint density at radius 3 is 2.00 bits per heavy atom. The van der Waals surface area contributed by atoms with Crippen molar-refractivity contribution in [1.29, 1.82) is 0 Å². The van der Waals surface area contributed by atoms with Gasteiger partial charge in [0.2, 0.25) is 0 Å². The van der Waals surface area contributed by atoms with E-state index in [0.29, 0.717) is 11.5 Å². The molecule has 0 fully saturated rings. The number of nitrogens with zero attached hydrogens (tertiary/aromatic N) is 3. The molecule has 2 aromatic carbocycles. The van der Waals surface area contributed by atoms with E-state index in [-0.39, 0.29) is 11.7 Å². The number of benzene rings is 2. The third-order valence-corrected chi connectivity index (χ3v) is 12.8. The summed E-state index contributed by atoms with van der Waals surface area (Å²) in [4.78, 5) is 2.61. The molecule has 0 saturated carbocycles. The minimum atomic E-state index is -3.12. The molecule has 0 aromatic heterocycles. The highest BCUT2D eigenvalue weighted by atomic mass is 32.3. The highest BCUT2D eigenvalue weighted by Crippen LogP contribution is 2.62. The topological polar surface area (TPSA) is 73.2 Å². The number of rotatable bonds is 19. The van der Waals surface area contributed by atoms with Crippen molar-refractivity contribution in [2.24, 2.45) is 5.41 Å². The van der Waals surface area contributed by atoms with Crippen LogP contribution in [0, 0.1) is 5.41 Å². The minimum Gasteiger partial charge on any atom is -0.494 e. The van der Waals surface area contributed by atoms with Crippen LogP contribution < -0.4 is 9.64 Å². The summed E-state index contributed by atoms with van der Waals surface area (Å²) in [5.74, 6) is 0.672. The number of ether oxygens (including phenoxy) is 1. The highest BCUT2D eigenvalue weighted by Gasteiger charge is 2.49. The number of likely N-dealkylation sites (N-methyl/N-ethyl adjacent to an activating group) is 2. The van der Waals surface area contributed by atoms with Crippen LogP contribution in [0.4, 0.5) is 5.69 Å². The van der Waals surface area contributed by atoms with Crippen molar-refractivity contribution in [3.8, 4) is 5.75 Å². The maximum absolute atomic E-state index is 12.5. The van der Waals surface area contributed by atoms with Gasteiger partial charge < -0.3 is 23.7 Å². The van der Waals surface area contributed by atoms with Crippen LogP contribution in [0.25, 0.3) is 0 Å². The van der Waals surface area contributed by atoms with E-state index in [1.807, 2.05) is 43.3 Å². The van der Waals surface area contributed by atoms with Gasteiger partial charge in [-0.2, -0.15) is 10.6 Å². The Balaban J connectivity index is 1.78. The molecule has 1 heterocycles. The van der Waals surface area contributed by atoms with Crippen molar-refractivity contribution in [3.63, 3.8) is 0 Å². The van der Waals surface area contributed by atoms with Gasteiger partial charge in [0.25, 0.3) is 0 Å². The minimum absolute atomic E-state index is 0.208. The largest absolute Gasteiger partial charge is 0.494 e. The molecule has 268 valence electrons. The molecule has 0 saturated heterocycles. The molecule has 3 rings (SSSR count). The Morgan fingerprint density at radius 1 is 0.809 bits per heavy atom. The summed E-state index contributed by atoms with van der Waals surface area (Å²) in [6.45, 7) is 12.0. The number of aliphatic hydroxyl groups excluding tert-OH is 1. The number of quaternary nitrogens is 2. The first-order chi connectivity index (χ1) is 22.1. The maximum Gasteiger partial charge on any atom is 0.128 e. The summed E-state index contributed by atoms with van der Waals surface area (Å²) in [5.41, 5.74) is 2.21. The van der Waals surface area contributed by atoms with E-state index >= 15 is 0 Å². The van der Waals surface area contributed by atoms with Gasteiger partial charge in [-0.15, -0.1) is 0 Å². The molecule has 47 heavy (non-hydrogen) atoms. The number of hydrogen-bond acceptors (Lipinski definition) is 5. The first kappa shape index (κ1) is 39.6. The van der Waals surface area contributed by atoms with Gasteiger partial charge in [-0.25, -0.2) is 0 Å². The van der Waals surface area contributed by atoms with Gasteiger partial charge in [0.15, 0.2) is 0 Å². The fourth-order valence-corrected chi connectivity index (χ4v) is 9.28. The first-order valence-corrected chi connectivity index (χ1v) is 19.9. The van der Waals surface area contributed by atoms with Gasteiger partial charge >= 0.3 is 0 Å². The number of hydrogen-bond donors (Lipinski definition) is 3. The predicted octanol–water partition coefficient (Wildman–Crippen LogP) is 8.46. The lowest BCUT2D eigenvalue weighted by molar-refractivity contribution is -0.945. The summed E-state index contributed by atoms with van der Waals surface area (Å²) in [5, 5.41) is 12.5. The molecule has 0 spiro atoms. The SMILES string of the molecule is CCCCC1(CCCC)CS(O)(O)c2ccc(N(C)C)cc2C(c2ccc(OCCCCC[N+](C)(C)CC[N+](C)(C)CC)cc2)C1O. The van der Waals surface area contributed by atoms with Crippen molar-refractivity contribution in [2.75, 3.05) is 85.7 Å². The third kappa shape index (κ3) is 10.8. The van der Waals surface area contributed by atoms with Crippen molar-refractivity contribution in [1.82, 2.24) is 0 Å². The number of anilines is 1. The average Bonchev–Trinajstić information content (AvgIpc) is 3.10. The third-order valence-electron chi connectivity index (χ3n) is 10.8. The van der Waals surface area contributed by atoms with Crippen LogP contribution >= 0.6 is 10.6 Å². The van der Waals surface area contributed by atoms with Crippen LogP contribution in [-0.4, -0.2) is 110 Å². The van der Waals surface area contributed by atoms with Gasteiger partial charge in [-0.1, -0.05) is 51.7 Å². The van der Waals surface area contributed by atoms with Crippen molar-refractivity contribution < 1.29 is 27.9 Å². The molecule has 1 aliphatic heterocycles. The summed E-state index contributed by atoms with van der Waals surface area (Å²) >= 11 is 0. The molecule has 2 atom stereocenters. The molecular formula is C39H69N3O4S+2. The highest BCUT2D eigenvalue weighted by molar-refractivity contribution is 8.24. The number of unbranched alkanes of at least 4 members (excludes halogenated alkanes) is 4. The Bertz CT molecular complexity index is 1220. The Morgan fingerprint density at radius 2 is 1.43 bits per heavy atom. The van der Waals surface area contributed by atoms with E-state index in [9.17, 15) is 14.2 Å². The molecule has 0 amide bonds. The van der Waals surface area contributed by atoms with E-state index < -0.39 is 22.1 Å². The lowest BCUT2D eigenvalue weighted by atomic mass is 9.68. The molecule has 0 aliphatic carbocycles. The van der Waals surface area contributed by atoms with Crippen LogP contribution in [-0.2, 0) is 0 Å².